The maximum Gasteiger partial charge on any atom is 0.0615 e. The molecule has 88 valence electrons. The van der Waals surface area contributed by atoms with E-state index in [4.69, 9.17) is 17.3 Å². The summed E-state index contributed by atoms with van der Waals surface area (Å²) < 4.78 is 0. The zero-order valence-electron chi connectivity index (χ0n) is 9.62. The third-order valence-corrected chi connectivity index (χ3v) is 3.39. The molecule has 0 amide bonds. The molecule has 1 saturated heterocycles. The van der Waals surface area contributed by atoms with Crippen LogP contribution in [0, 0.1) is 0 Å². The smallest absolute Gasteiger partial charge is 0.0615 e. The molecule has 4 heteroatoms. The molecule has 1 heterocycles. The van der Waals surface area contributed by atoms with Crippen molar-refractivity contribution in [1.29, 1.82) is 0 Å². The van der Waals surface area contributed by atoms with E-state index in [-0.39, 0.29) is 0 Å². The van der Waals surface area contributed by atoms with Crippen molar-refractivity contribution in [3.05, 3.63) is 23.2 Å². The number of piperazine rings is 1. The summed E-state index contributed by atoms with van der Waals surface area (Å²) in [6.45, 7) is 7.57. The zero-order valence-corrected chi connectivity index (χ0v) is 10.4. The second-order valence-corrected chi connectivity index (χ2v) is 4.56. The van der Waals surface area contributed by atoms with Crippen LogP contribution in [0.3, 0.4) is 0 Å². The van der Waals surface area contributed by atoms with E-state index in [1.165, 1.54) is 0 Å². The van der Waals surface area contributed by atoms with Crippen LogP contribution < -0.4 is 10.6 Å². The fourth-order valence-corrected chi connectivity index (χ4v) is 2.26. The van der Waals surface area contributed by atoms with Crippen LogP contribution in [0.2, 0.25) is 5.02 Å². The zero-order chi connectivity index (χ0) is 11.5. The number of hydrogen-bond acceptors (Lipinski definition) is 3. The van der Waals surface area contributed by atoms with Crippen LogP contribution in [-0.2, 0) is 0 Å². The first kappa shape index (κ1) is 11.6. The van der Waals surface area contributed by atoms with Crippen molar-refractivity contribution in [1.82, 2.24) is 4.90 Å². The lowest BCUT2D eigenvalue weighted by molar-refractivity contribution is 0.271. The average molecular weight is 240 g/mol. The highest BCUT2D eigenvalue weighted by Gasteiger charge is 2.17. The topological polar surface area (TPSA) is 32.5 Å². The van der Waals surface area contributed by atoms with Crippen LogP contribution in [0.25, 0.3) is 0 Å². The Morgan fingerprint density at radius 3 is 2.56 bits per heavy atom. The molecule has 2 rings (SSSR count). The molecule has 0 radical (unpaired) electrons. The van der Waals surface area contributed by atoms with Crippen LogP contribution in [0.5, 0.6) is 0 Å². The highest BCUT2D eigenvalue weighted by atomic mass is 35.5. The summed E-state index contributed by atoms with van der Waals surface area (Å²) in [5.74, 6) is 0. The molecule has 2 N–H and O–H groups in total. The van der Waals surface area contributed by atoms with Crippen LogP contribution >= 0.6 is 11.6 Å². The van der Waals surface area contributed by atoms with Crippen LogP contribution in [0.4, 0.5) is 11.4 Å². The first-order valence-electron chi connectivity index (χ1n) is 5.73. The van der Waals surface area contributed by atoms with Crippen molar-refractivity contribution in [3.8, 4) is 0 Å². The summed E-state index contributed by atoms with van der Waals surface area (Å²) in [6.07, 6.45) is 0. The minimum Gasteiger partial charge on any atom is -0.397 e. The van der Waals surface area contributed by atoms with Gasteiger partial charge >= 0.3 is 0 Å². The SMILES string of the molecule is CCN1CCN(c2cc(Cl)ccc2N)CC1. The van der Waals surface area contributed by atoms with E-state index in [1.54, 1.807) is 0 Å². The molecule has 1 aliphatic rings. The Morgan fingerprint density at radius 2 is 1.94 bits per heavy atom. The molecule has 0 unspecified atom stereocenters. The maximum absolute atomic E-state index is 6.00. The molecule has 1 aliphatic heterocycles. The van der Waals surface area contributed by atoms with Gasteiger partial charge in [-0.05, 0) is 24.7 Å². The predicted octanol–water partition coefficient (Wildman–Crippen LogP) is 2.06. The van der Waals surface area contributed by atoms with Crippen molar-refractivity contribution in [2.24, 2.45) is 0 Å². The second-order valence-electron chi connectivity index (χ2n) is 4.12. The largest absolute Gasteiger partial charge is 0.397 e. The number of anilines is 2. The third-order valence-electron chi connectivity index (χ3n) is 3.15. The van der Waals surface area contributed by atoms with Gasteiger partial charge in [-0.15, -0.1) is 0 Å². The van der Waals surface area contributed by atoms with Gasteiger partial charge in [0, 0.05) is 31.2 Å². The molecule has 0 spiro atoms. The minimum absolute atomic E-state index is 0.752. The van der Waals surface area contributed by atoms with E-state index >= 15 is 0 Å². The van der Waals surface area contributed by atoms with Crippen molar-refractivity contribution in [2.45, 2.75) is 6.92 Å². The monoisotopic (exact) mass is 239 g/mol. The summed E-state index contributed by atoms with van der Waals surface area (Å²) in [5.41, 5.74) is 7.86. The summed E-state index contributed by atoms with van der Waals surface area (Å²) >= 11 is 6.00. The quantitative estimate of drug-likeness (QED) is 0.802. The van der Waals surface area contributed by atoms with Crippen LogP contribution in [-0.4, -0.2) is 37.6 Å². The number of nitrogens with zero attached hydrogens (tertiary/aromatic N) is 2. The molecule has 0 bridgehead atoms. The van der Waals surface area contributed by atoms with E-state index < -0.39 is 0 Å². The van der Waals surface area contributed by atoms with Crippen LogP contribution in [0.1, 0.15) is 6.92 Å². The van der Waals surface area contributed by atoms with Gasteiger partial charge in [-0.25, -0.2) is 0 Å². The Balaban J connectivity index is 2.10. The van der Waals surface area contributed by atoms with Gasteiger partial charge in [0.25, 0.3) is 0 Å². The average Bonchev–Trinajstić information content (AvgIpc) is 2.32. The molecule has 1 aromatic rings. The molecule has 1 aromatic carbocycles. The summed E-state index contributed by atoms with van der Waals surface area (Å²) in [4.78, 5) is 4.75. The molecular formula is C12H18ClN3. The Bertz CT molecular complexity index is 359. The summed E-state index contributed by atoms with van der Waals surface area (Å²) in [5, 5.41) is 0.752. The highest BCUT2D eigenvalue weighted by molar-refractivity contribution is 6.31. The number of halogens is 1. The third kappa shape index (κ3) is 2.42. The van der Waals surface area contributed by atoms with Gasteiger partial charge in [-0.3, -0.25) is 0 Å². The second kappa shape index (κ2) is 4.93. The van der Waals surface area contributed by atoms with Crippen molar-refractivity contribution < 1.29 is 0 Å². The van der Waals surface area contributed by atoms with E-state index in [2.05, 4.69) is 16.7 Å². The molecule has 1 fully saturated rings. The standard InChI is InChI=1S/C12H18ClN3/c1-2-15-5-7-16(8-6-15)12-9-10(13)3-4-11(12)14/h3-4,9H,2,5-8,14H2,1H3. The highest BCUT2D eigenvalue weighted by Crippen LogP contribution is 2.27. The lowest BCUT2D eigenvalue weighted by Crippen LogP contribution is -2.46. The Morgan fingerprint density at radius 1 is 1.25 bits per heavy atom. The number of nitrogen functional groups attached to an aromatic ring is 1. The van der Waals surface area contributed by atoms with E-state index in [1.807, 2.05) is 18.2 Å². The summed E-state index contributed by atoms with van der Waals surface area (Å²) in [7, 11) is 0. The lowest BCUT2D eigenvalue weighted by Gasteiger charge is -2.36. The van der Waals surface area contributed by atoms with Crippen molar-refractivity contribution in [2.75, 3.05) is 43.4 Å². The first-order valence-corrected chi connectivity index (χ1v) is 6.11. The molecule has 0 atom stereocenters. The van der Waals surface area contributed by atoms with Gasteiger partial charge in [0.1, 0.15) is 0 Å². The fraction of sp³-hybridized carbons (Fsp3) is 0.500. The lowest BCUT2D eigenvalue weighted by atomic mass is 10.2. The molecule has 0 aliphatic carbocycles. The Hall–Kier alpha value is -0.930. The van der Waals surface area contributed by atoms with Gasteiger partial charge in [0.2, 0.25) is 0 Å². The van der Waals surface area contributed by atoms with E-state index in [9.17, 15) is 0 Å². The van der Waals surface area contributed by atoms with Gasteiger partial charge in [-0.1, -0.05) is 18.5 Å². The predicted molar refractivity (Wildman–Crippen MR) is 70.2 cm³/mol. The van der Waals surface area contributed by atoms with Crippen LogP contribution in [0.15, 0.2) is 18.2 Å². The molecule has 3 nitrogen and oxygen atoms in total. The summed E-state index contributed by atoms with van der Waals surface area (Å²) in [6, 6.07) is 5.67. The Labute approximate surface area is 102 Å². The number of benzene rings is 1. The van der Waals surface area contributed by atoms with Crippen molar-refractivity contribution >= 4 is 23.0 Å². The molecule has 16 heavy (non-hydrogen) atoms. The van der Waals surface area contributed by atoms with E-state index in [0.717, 1.165) is 49.1 Å². The number of nitrogens with two attached hydrogens (primary N) is 1. The molecule has 0 saturated carbocycles. The first-order chi connectivity index (χ1) is 7.70. The normalized spacial score (nSPS) is 17.8. The maximum atomic E-state index is 6.00. The van der Waals surface area contributed by atoms with Gasteiger partial charge in [-0.2, -0.15) is 0 Å². The number of likely N-dealkylation sites (N-methyl/N-ethyl adjacent to an activating group) is 1. The number of rotatable bonds is 2. The van der Waals surface area contributed by atoms with Gasteiger partial charge in [0.15, 0.2) is 0 Å². The molecule has 0 aromatic heterocycles. The minimum atomic E-state index is 0.752. The Kier molecular flexibility index (Phi) is 3.56. The van der Waals surface area contributed by atoms with Crippen molar-refractivity contribution in [3.63, 3.8) is 0 Å². The van der Waals surface area contributed by atoms with Gasteiger partial charge in [0.05, 0.1) is 11.4 Å². The van der Waals surface area contributed by atoms with Gasteiger partial charge < -0.3 is 15.5 Å². The van der Waals surface area contributed by atoms with E-state index in [0.29, 0.717) is 0 Å². The number of hydrogen-bond donors (Lipinski definition) is 1. The fourth-order valence-electron chi connectivity index (χ4n) is 2.10. The molecular weight excluding hydrogens is 222 g/mol.